The molecular weight excluding hydrogens is 261 g/mol. The molecule has 1 atom stereocenters. The number of nitrogens with zero attached hydrogens (tertiary/aromatic N) is 2. The molecule has 0 bridgehead atoms. The normalized spacial score (nSPS) is 12.1. The minimum Gasteiger partial charge on any atom is -0.297 e. The van der Waals surface area contributed by atoms with Gasteiger partial charge < -0.3 is 0 Å². The minimum atomic E-state index is -2.07. The van der Waals surface area contributed by atoms with Gasteiger partial charge in [0, 0.05) is 5.75 Å². The van der Waals surface area contributed by atoms with Gasteiger partial charge in [0.2, 0.25) is 5.13 Å². The number of alkyl halides is 2. The van der Waals surface area contributed by atoms with Gasteiger partial charge in [0.25, 0.3) is 11.5 Å². The van der Waals surface area contributed by atoms with Gasteiger partial charge >= 0.3 is 0 Å². The summed E-state index contributed by atoms with van der Waals surface area (Å²) in [5.74, 6) is -0.239. The van der Waals surface area contributed by atoms with Crippen LogP contribution in [0.25, 0.3) is 0 Å². The van der Waals surface area contributed by atoms with Crippen molar-refractivity contribution in [1.82, 2.24) is 10.2 Å². The Labute approximate surface area is 98.9 Å². The highest BCUT2D eigenvalue weighted by atomic mass is 35.5. The lowest BCUT2D eigenvalue weighted by Gasteiger charge is -1.97. The van der Waals surface area contributed by atoms with Crippen molar-refractivity contribution < 1.29 is 9.18 Å². The number of amides is 1. The molecular formula is C7H7ClFN3OS2. The Hall–Kier alpha value is -0.660. The number of halogens is 2. The third-order valence-electron chi connectivity index (χ3n) is 1.16. The second kappa shape index (κ2) is 6.04. The van der Waals surface area contributed by atoms with E-state index in [-0.39, 0.29) is 5.13 Å². The van der Waals surface area contributed by atoms with Gasteiger partial charge in [0.1, 0.15) is 0 Å². The fourth-order valence-electron chi connectivity index (χ4n) is 0.609. The Morgan fingerprint density at radius 3 is 3.13 bits per heavy atom. The van der Waals surface area contributed by atoms with E-state index in [9.17, 15) is 9.18 Å². The van der Waals surface area contributed by atoms with Crippen LogP contribution in [0.2, 0.25) is 0 Å². The maximum atomic E-state index is 12.3. The summed E-state index contributed by atoms with van der Waals surface area (Å²) in [7, 11) is 0. The molecule has 0 spiro atoms. The summed E-state index contributed by atoms with van der Waals surface area (Å²) in [5.41, 5.74) is -2.07. The number of thioether (sulfide) groups is 1. The molecule has 0 fully saturated rings. The lowest BCUT2D eigenvalue weighted by atomic mass is 10.7. The summed E-state index contributed by atoms with van der Waals surface area (Å²) in [4.78, 5) is 10.8. The summed E-state index contributed by atoms with van der Waals surface area (Å²) < 4.78 is 13.0. The summed E-state index contributed by atoms with van der Waals surface area (Å²) in [6.07, 6.45) is 1.72. The Bertz CT molecular complexity index is 358. The van der Waals surface area contributed by atoms with Gasteiger partial charge in [-0.05, 0) is 0 Å². The number of hydrogen-bond donors (Lipinski definition) is 1. The Morgan fingerprint density at radius 1 is 1.80 bits per heavy atom. The first-order valence-corrected chi connectivity index (χ1v) is 6.03. The maximum Gasteiger partial charge on any atom is 0.276 e. The van der Waals surface area contributed by atoms with E-state index in [1.165, 1.54) is 11.8 Å². The van der Waals surface area contributed by atoms with E-state index in [2.05, 4.69) is 22.1 Å². The van der Waals surface area contributed by atoms with Crippen LogP contribution < -0.4 is 5.32 Å². The number of anilines is 1. The first-order chi connectivity index (χ1) is 7.13. The van der Waals surface area contributed by atoms with Gasteiger partial charge in [-0.15, -0.1) is 16.8 Å². The van der Waals surface area contributed by atoms with E-state index in [1.807, 2.05) is 0 Å². The third kappa shape index (κ3) is 4.15. The maximum absolute atomic E-state index is 12.3. The van der Waals surface area contributed by atoms with E-state index in [0.717, 1.165) is 11.3 Å². The van der Waals surface area contributed by atoms with Crippen molar-refractivity contribution in [3.05, 3.63) is 12.7 Å². The summed E-state index contributed by atoms with van der Waals surface area (Å²) in [6.45, 7) is 3.55. The quantitative estimate of drug-likeness (QED) is 0.385. The second-order valence-corrected chi connectivity index (χ2v) is 4.89. The van der Waals surface area contributed by atoms with Crippen LogP contribution in [0.5, 0.6) is 0 Å². The average Bonchev–Trinajstić information content (AvgIpc) is 2.62. The molecule has 4 nitrogen and oxygen atoms in total. The first kappa shape index (κ1) is 12.4. The molecule has 1 heterocycles. The van der Waals surface area contributed by atoms with Crippen molar-refractivity contribution in [3.63, 3.8) is 0 Å². The molecule has 1 N–H and O–H groups in total. The van der Waals surface area contributed by atoms with Crippen LogP contribution >= 0.6 is 34.7 Å². The van der Waals surface area contributed by atoms with Crippen LogP contribution in [0.1, 0.15) is 0 Å². The number of rotatable bonds is 5. The van der Waals surface area contributed by atoms with E-state index >= 15 is 0 Å². The third-order valence-corrected chi connectivity index (χ3v) is 3.33. The largest absolute Gasteiger partial charge is 0.297 e. The Kier molecular flexibility index (Phi) is 5.00. The van der Waals surface area contributed by atoms with Crippen LogP contribution in [0, 0.1) is 0 Å². The van der Waals surface area contributed by atoms with Gasteiger partial charge in [-0.25, -0.2) is 4.39 Å². The zero-order valence-electron chi connectivity index (χ0n) is 7.44. The zero-order valence-corrected chi connectivity index (χ0v) is 9.83. The molecule has 0 radical (unpaired) electrons. The Morgan fingerprint density at radius 2 is 2.53 bits per heavy atom. The first-order valence-electron chi connectivity index (χ1n) is 3.79. The summed E-state index contributed by atoms with van der Waals surface area (Å²) in [6, 6.07) is 0. The van der Waals surface area contributed by atoms with Crippen molar-refractivity contribution in [2.45, 2.75) is 9.97 Å². The molecule has 0 aliphatic heterocycles. The fourth-order valence-corrected chi connectivity index (χ4v) is 2.18. The highest BCUT2D eigenvalue weighted by molar-refractivity contribution is 8.01. The van der Waals surface area contributed by atoms with E-state index in [1.54, 1.807) is 6.08 Å². The molecule has 1 rings (SSSR count). The summed E-state index contributed by atoms with van der Waals surface area (Å²) >= 11 is 7.51. The van der Waals surface area contributed by atoms with Crippen LogP contribution in [0.15, 0.2) is 17.0 Å². The molecule has 82 valence electrons. The molecule has 0 aliphatic rings. The van der Waals surface area contributed by atoms with Gasteiger partial charge in [-0.3, -0.25) is 10.1 Å². The van der Waals surface area contributed by atoms with Gasteiger partial charge in [0.15, 0.2) is 4.34 Å². The molecule has 0 saturated carbocycles. The van der Waals surface area contributed by atoms with Crippen molar-refractivity contribution in [3.8, 4) is 0 Å². The highest BCUT2D eigenvalue weighted by Crippen LogP contribution is 2.25. The van der Waals surface area contributed by atoms with Crippen LogP contribution in [-0.2, 0) is 4.79 Å². The Balaban J connectivity index is 2.52. The second-order valence-electron chi connectivity index (χ2n) is 2.26. The number of carbonyl (C=O) groups excluding carboxylic acids is 1. The van der Waals surface area contributed by atoms with Crippen molar-refractivity contribution in [2.24, 2.45) is 0 Å². The van der Waals surface area contributed by atoms with Crippen LogP contribution in [-0.4, -0.2) is 27.5 Å². The summed E-state index contributed by atoms with van der Waals surface area (Å²) in [5, 5.41) is 9.85. The number of nitrogens with one attached hydrogen (secondary N) is 1. The molecule has 15 heavy (non-hydrogen) atoms. The molecule has 1 unspecified atom stereocenters. The van der Waals surface area contributed by atoms with Gasteiger partial charge in [-0.2, -0.15) is 0 Å². The van der Waals surface area contributed by atoms with Crippen molar-refractivity contribution in [1.29, 1.82) is 0 Å². The predicted octanol–water partition coefficient (Wildman–Crippen LogP) is 2.29. The predicted molar refractivity (Wildman–Crippen MR) is 60.2 cm³/mol. The molecule has 0 aliphatic carbocycles. The molecule has 1 aromatic heterocycles. The van der Waals surface area contributed by atoms with Crippen molar-refractivity contribution in [2.75, 3.05) is 11.1 Å². The highest BCUT2D eigenvalue weighted by Gasteiger charge is 2.15. The number of hydrogen-bond acceptors (Lipinski definition) is 5. The monoisotopic (exact) mass is 267 g/mol. The zero-order chi connectivity index (χ0) is 11.3. The fraction of sp³-hybridized carbons (Fsp3) is 0.286. The number of carbonyl (C=O) groups is 1. The minimum absolute atomic E-state index is 0.231. The molecule has 0 aromatic carbocycles. The van der Waals surface area contributed by atoms with Gasteiger partial charge in [-0.1, -0.05) is 40.8 Å². The molecule has 8 heteroatoms. The van der Waals surface area contributed by atoms with Crippen LogP contribution in [0.3, 0.4) is 0 Å². The van der Waals surface area contributed by atoms with E-state index < -0.39 is 11.5 Å². The van der Waals surface area contributed by atoms with Crippen LogP contribution in [0.4, 0.5) is 9.52 Å². The standard InChI is InChI=1S/C7H7ClFN3OS2/c1-2-3-14-7-12-11-6(15-7)10-5(13)4(8)9/h2,4H,1,3H2,(H,10,11,13). The smallest absolute Gasteiger partial charge is 0.276 e. The van der Waals surface area contributed by atoms with E-state index in [0.29, 0.717) is 10.1 Å². The molecule has 1 aromatic rings. The topological polar surface area (TPSA) is 54.9 Å². The lowest BCUT2D eigenvalue weighted by molar-refractivity contribution is -0.118. The van der Waals surface area contributed by atoms with E-state index in [4.69, 9.17) is 11.6 Å². The lowest BCUT2D eigenvalue weighted by Crippen LogP contribution is -2.19. The molecule has 0 saturated heterocycles. The number of aromatic nitrogens is 2. The SMILES string of the molecule is C=CCSc1nnc(NC(=O)C(F)Cl)s1. The van der Waals surface area contributed by atoms with Gasteiger partial charge in [0.05, 0.1) is 0 Å². The molecule has 1 amide bonds. The average molecular weight is 268 g/mol. The van der Waals surface area contributed by atoms with Crippen molar-refractivity contribution >= 4 is 45.7 Å².